The van der Waals surface area contributed by atoms with Gasteiger partial charge in [-0.25, -0.2) is 4.98 Å². The van der Waals surface area contributed by atoms with Crippen LogP contribution in [0.1, 0.15) is 29.5 Å². The molecule has 0 aliphatic carbocycles. The first-order valence-corrected chi connectivity index (χ1v) is 7.26. The summed E-state index contributed by atoms with van der Waals surface area (Å²) in [6.45, 7) is 8.39. The average Bonchev–Trinajstić information content (AvgIpc) is 2.72. The van der Waals surface area contributed by atoms with E-state index in [-0.39, 0.29) is 0 Å². The zero-order valence-electron chi connectivity index (χ0n) is 11.3. The van der Waals surface area contributed by atoms with Gasteiger partial charge in [-0.15, -0.1) is 11.3 Å². The van der Waals surface area contributed by atoms with E-state index in [1.54, 1.807) is 11.3 Å². The van der Waals surface area contributed by atoms with Crippen LogP contribution < -0.4 is 5.32 Å². The summed E-state index contributed by atoms with van der Waals surface area (Å²) in [5, 5.41) is 4.56. The lowest BCUT2D eigenvalue weighted by molar-refractivity contribution is 0.678. The monoisotopic (exact) mass is 260 g/mol. The molecule has 2 aromatic rings. The van der Waals surface area contributed by atoms with Crippen molar-refractivity contribution in [3.63, 3.8) is 0 Å². The maximum Gasteiger partial charge on any atom is 0.123 e. The highest BCUT2D eigenvalue weighted by atomic mass is 32.1. The number of aromatic nitrogens is 1. The number of hydrogen-bond donors (Lipinski definition) is 1. The van der Waals surface area contributed by atoms with E-state index in [2.05, 4.69) is 55.3 Å². The lowest BCUT2D eigenvalue weighted by atomic mass is 10.2. The molecule has 0 spiro atoms. The highest BCUT2D eigenvalue weighted by Crippen LogP contribution is 2.27. The molecule has 1 aromatic heterocycles. The summed E-state index contributed by atoms with van der Waals surface area (Å²) in [5.41, 5.74) is 3.66. The molecule has 1 N–H and O–H groups in total. The summed E-state index contributed by atoms with van der Waals surface area (Å²) in [6.07, 6.45) is 1.17. The molecule has 0 saturated heterocycles. The normalized spacial score (nSPS) is 10.8. The summed E-state index contributed by atoms with van der Waals surface area (Å²) in [6, 6.07) is 8.58. The van der Waals surface area contributed by atoms with Crippen molar-refractivity contribution >= 4 is 11.3 Å². The maximum atomic E-state index is 4.67. The van der Waals surface area contributed by atoms with Crippen molar-refractivity contribution < 1.29 is 0 Å². The second-order valence-electron chi connectivity index (χ2n) is 4.57. The molecule has 0 aliphatic rings. The molecule has 18 heavy (non-hydrogen) atoms. The number of thiazole rings is 1. The largest absolute Gasteiger partial charge is 0.312 e. The molecule has 0 unspecified atom stereocenters. The number of benzene rings is 1. The van der Waals surface area contributed by atoms with Gasteiger partial charge >= 0.3 is 0 Å². The van der Waals surface area contributed by atoms with Crippen molar-refractivity contribution in [2.24, 2.45) is 0 Å². The van der Waals surface area contributed by atoms with E-state index in [1.165, 1.54) is 22.4 Å². The lowest BCUT2D eigenvalue weighted by Crippen LogP contribution is -2.13. The second kappa shape index (κ2) is 6.12. The van der Waals surface area contributed by atoms with Crippen molar-refractivity contribution in [1.82, 2.24) is 10.3 Å². The standard InChI is InChI=1S/C15H20N2S/c1-4-9-16-10-14-12(3)17-15(18-14)13-7-5-11(2)6-8-13/h5-8,16H,4,9-10H2,1-3H3. The van der Waals surface area contributed by atoms with Crippen LogP contribution in [0.2, 0.25) is 0 Å². The van der Waals surface area contributed by atoms with Gasteiger partial charge in [0.15, 0.2) is 0 Å². The van der Waals surface area contributed by atoms with E-state index in [0.29, 0.717) is 0 Å². The predicted molar refractivity (Wildman–Crippen MR) is 79.0 cm³/mol. The fourth-order valence-electron chi connectivity index (χ4n) is 1.79. The molecule has 0 amide bonds. The van der Waals surface area contributed by atoms with Gasteiger partial charge in [0.05, 0.1) is 5.69 Å². The third kappa shape index (κ3) is 3.18. The molecule has 2 nitrogen and oxygen atoms in total. The molecule has 1 heterocycles. The Hall–Kier alpha value is -1.19. The van der Waals surface area contributed by atoms with Gasteiger partial charge in [0.1, 0.15) is 5.01 Å². The third-order valence-corrected chi connectivity index (χ3v) is 4.11. The summed E-state index contributed by atoms with van der Waals surface area (Å²) in [4.78, 5) is 6.01. The lowest BCUT2D eigenvalue weighted by Gasteiger charge is -1.99. The minimum Gasteiger partial charge on any atom is -0.312 e. The van der Waals surface area contributed by atoms with E-state index in [4.69, 9.17) is 0 Å². The Bertz CT molecular complexity index is 500. The smallest absolute Gasteiger partial charge is 0.123 e. The Morgan fingerprint density at radius 3 is 2.56 bits per heavy atom. The molecule has 3 heteroatoms. The van der Waals surface area contributed by atoms with Gasteiger partial charge in [-0.2, -0.15) is 0 Å². The first kappa shape index (κ1) is 13.2. The van der Waals surface area contributed by atoms with Gasteiger partial charge in [-0.05, 0) is 26.8 Å². The van der Waals surface area contributed by atoms with E-state index in [9.17, 15) is 0 Å². The van der Waals surface area contributed by atoms with Gasteiger partial charge in [0.2, 0.25) is 0 Å². The van der Waals surface area contributed by atoms with Crippen molar-refractivity contribution in [3.05, 3.63) is 40.4 Å². The number of nitrogens with one attached hydrogen (secondary N) is 1. The average molecular weight is 260 g/mol. The first-order chi connectivity index (χ1) is 8.70. The Kier molecular flexibility index (Phi) is 4.50. The molecule has 1 aromatic carbocycles. The molecule has 2 rings (SSSR count). The number of nitrogens with zero attached hydrogens (tertiary/aromatic N) is 1. The summed E-state index contributed by atoms with van der Waals surface area (Å²) in [5.74, 6) is 0. The van der Waals surface area contributed by atoms with Crippen molar-refractivity contribution in [2.75, 3.05) is 6.54 Å². The maximum absolute atomic E-state index is 4.67. The molecule has 0 saturated carbocycles. The van der Waals surface area contributed by atoms with Gasteiger partial charge in [0.25, 0.3) is 0 Å². The first-order valence-electron chi connectivity index (χ1n) is 6.44. The van der Waals surface area contributed by atoms with Gasteiger partial charge in [-0.3, -0.25) is 0 Å². The van der Waals surface area contributed by atoms with Crippen LogP contribution in [0, 0.1) is 13.8 Å². The van der Waals surface area contributed by atoms with Crippen LogP contribution in [-0.4, -0.2) is 11.5 Å². The topological polar surface area (TPSA) is 24.9 Å². The SMILES string of the molecule is CCCNCc1sc(-c2ccc(C)cc2)nc1C. The molecular formula is C15H20N2S. The van der Waals surface area contributed by atoms with E-state index < -0.39 is 0 Å². The van der Waals surface area contributed by atoms with E-state index >= 15 is 0 Å². The van der Waals surface area contributed by atoms with Crippen molar-refractivity contribution in [2.45, 2.75) is 33.7 Å². The quantitative estimate of drug-likeness (QED) is 0.824. The highest BCUT2D eigenvalue weighted by molar-refractivity contribution is 7.15. The molecule has 0 fully saturated rings. The summed E-state index contributed by atoms with van der Waals surface area (Å²) in [7, 11) is 0. The van der Waals surface area contributed by atoms with Crippen molar-refractivity contribution in [1.29, 1.82) is 0 Å². The van der Waals surface area contributed by atoms with E-state index in [0.717, 1.165) is 23.8 Å². The Balaban J connectivity index is 2.15. The van der Waals surface area contributed by atoms with E-state index in [1.807, 2.05) is 0 Å². The van der Waals surface area contributed by atoms with Crippen LogP contribution in [0.25, 0.3) is 10.6 Å². The van der Waals surface area contributed by atoms with Crippen LogP contribution in [-0.2, 0) is 6.54 Å². The molecule has 0 radical (unpaired) electrons. The van der Waals surface area contributed by atoms with Crippen LogP contribution in [0.3, 0.4) is 0 Å². The van der Waals surface area contributed by atoms with Gasteiger partial charge in [-0.1, -0.05) is 36.8 Å². The fraction of sp³-hybridized carbons (Fsp3) is 0.400. The molecular weight excluding hydrogens is 240 g/mol. The Labute approximate surface area is 113 Å². The third-order valence-electron chi connectivity index (χ3n) is 2.90. The molecule has 0 bridgehead atoms. The van der Waals surface area contributed by atoms with Crippen LogP contribution in [0.15, 0.2) is 24.3 Å². The zero-order valence-corrected chi connectivity index (χ0v) is 12.1. The Morgan fingerprint density at radius 1 is 1.17 bits per heavy atom. The van der Waals surface area contributed by atoms with Gasteiger partial charge < -0.3 is 5.32 Å². The van der Waals surface area contributed by atoms with Crippen LogP contribution in [0.4, 0.5) is 0 Å². The molecule has 0 aliphatic heterocycles. The fourth-order valence-corrected chi connectivity index (χ4v) is 2.83. The minimum atomic E-state index is 0.934. The number of rotatable bonds is 5. The van der Waals surface area contributed by atoms with Crippen LogP contribution >= 0.6 is 11.3 Å². The number of hydrogen-bond acceptors (Lipinski definition) is 3. The second-order valence-corrected chi connectivity index (χ2v) is 5.65. The number of aryl methyl sites for hydroxylation is 2. The summed E-state index contributed by atoms with van der Waals surface area (Å²) < 4.78 is 0. The van der Waals surface area contributed by atoms with Crippen LogP contribution in [0.5, 0.6) is 0 Å². The van der Waals surface area contributed by atoms with Gasteiger partial charge in [0, 0.05) is 17.0 Å². The predicted octanol–water partition coefficient (Wildman–Crippen LogP) is 3.93. The van der Waals surface area contributed by atoms with Crippen molar-refractivity contribution in [3.8, 4) is 10.6 Å². The summed E-state index contributed by atoms with van der Waals surface area (Å²) >= 11 is 1.80. The minimum absolute atomic E-state index is 0.934. The highest BCUT2D eigenvalue weighted by Gasteiger charge is 2.08. The molecule has 0 atom stereocenters. The zero-order chi connectivity index (χ0) is 13.0. The Morgan fingerprint density at radius 2 is 1.89 bits per heavy atom. The molecule has 96 valence electrons.